The fraction of sp³-hybridized carbons (Fsp3) is 0.294. The van der Waals surface area contributed by atoms with Crippen LogP contribution in [0.3, 0.4) is 0 Å². The van der Waals surface area contributed by atoms with Crippen LogP contribution in [-0.2, 0) is 6.18 Å². The Bertz CT molecular complexity index is 746. The average Bonchev–Trinajstić information content (AvgIpc) is 2.54. The molecule has 2 rings (SSSR count). The summed E-state index contributed by atoms with van der Waals surface area (Å²) in [6, 6.07) is 6.02. The number of pyridine rings is 1. The summed E-state index contributed by atoms with van der Waals surface area (Å²) in [5.41, 5.74) is -0.369. The lowest BCUT2D eigenvalue weighted by Gasteiger charge is -2.12. The minimum atomic E-state index is -4.47. The van der Waals surface area contributed by atoms with Crippen LogP contribution in [0.25, 0.3) is 0 Å². The molecule has 0 spiro atoms. The molecule has 0 aliphatic heterocycles. The summed E-state index contributed by atoms with van der Waals surface area (Å²) < 4.78 is 38.3. The van der Waals surface area contributed by atoms with Gasteiger partial charge in [0.15, 0.2) is 0 Å². The van der Waals surface area contributed by atoms with Crippen LogP contribution in [0.5, 0.6) is 0 Å². The number of nitrogens with one attached hydrogen (secondary N) is 2. The van der Waals surface area contributed by atoms with Gasteiger partial charge in [-0.2, -0.15) is 13.2 Å². The number of amides is 1. The molecule has 0 saturated heterocycles. The van der Waals surface area contributed by atoms with Crippen LogP contribution in [0.15, 0.2) is 36.5 Å². The van der Waals surface area contributed by atoms with Crippen molar-refractivity contribution in [2.24, 2.45) is 5.92 Å². The van der Waals surface area contributed by atoms with Gasteiger partial charge in [-0.3, -0.25) is 4.79 Å². The Morgan fingerprint density at radius 3 is 2.52 bits per heavy atom. The second kappa shape index (κ2) is 7.74. The third kappa shape index (κ3) is 5.35. The van der Waals surface area contributed by atoms with Gasteiger partial charge in [0, 0.05) is 12.7 Å². The fourth-order valence-electron chi connectivity index (χ4n) is 1.94. The zero-order valence-electron chi connectivity index (χ0n) is 13.6. The highest BCUT2D eigenvalue weighted by molar-refractivity contribution is 6.33. The highest BCUT2D eigenvalue weighted by Crippen LogP contribution is 2.34. The summed E-state index contributed by atoms with van der Waals surface area (Å²) in [6.07, 6.45) is -3.12. The molecule has 1 amide bonds. The lowest BCUT2D eigenvalue weighted by Crippen LogP contribution is -2.27. The number of anilines is 2. The van der Waals surface area contributed by atoms with Crippen LogP contribution in [0.2, 0.25) is 5.02 Å². The molecular weight excluding hydrogens is 355 g/mol. The van der Waals surface area contributed by atoms with Crippen LogP contribution < -0.4 is 10.6 Å². The molecule has 25 heavy (non-hydrogen) atoms. The molecule has 0 fully saturated rings. The minimum Gasteiger partial charge on any atom is -0.352 e. The number of nitrogens with zero attached hydrogens (tertiary/aromatic N) is 1. The Hall–Kier alpha value is -2.28. The summed E-state index contributed by atoms with van der Waals surface area (Å²) in [5, 5.41) is 5.61. The van der Waals surface area contributed by atoms with E-state index < -0.39 is 11.7 Å². The predicted molar refractivity (Wildman–Crippen MR) is 91.1 cm³/mol. The van der Waals surface area contributed by atoms with Crippen molar-refractivity contribution < 1.29 is 18.0 Å². The first-order valence-electron chi connectivity index (χ1n) is 7.55. The number of benzene rings is 1. The Kier molecular flexibility index (Phi) is 5.89. The average molecular weight is 372 g/mol. The number of rotatable bonds is 5. The molecule has 0 aliphatic carbocycles. The van der Waals surface area contributed by atoms with E-state index in [-0.39, 0.29) is 22.4 Å². The first kappa shape index (κ1) is 19.1. The standard InChI is InChI=1S/C17H17ClF3N3O/c1-10(2)8-23-16(25)11-3-6-15(22-9-11)24-14-7-12(17(19,20)21)4-5-13(14)18/h3-7,9-10H,8H2,1-2H3,(H,22,24)(H,23,25). The van der Waals surface area contributed by atoms with Gasteiger partial charge in [-0.05, 0) is 36.2 Å². The van der Waals surface area contributed by atoms with Crippen LogP contribution in [0, 0.1) is 5.92 Å². The van der Waals surface area contributed by atoms with E-state index in [0.717, 1.165) is 12.1 Å². The topological polar surface area (TPSA) is 54.0 Å². The van der Waals surface area contributed by atoms with Crippen molar-refractivity contribution in [3.8, 4) is 0 Å². The minimum absolute atomic E-state index is 0.0843. The van der Waals surface area contributed by atoms with Gasteiger partial charge in [-0.15, -0.1) is 0 Å². The maximum Gasteiger partial charge on any atom is 0.416 e. The number of hydrogen-bond donors (Lipinski definition) is 2. The first-order valence-corrected chi connectivity index (χ1v) is 7.92. The summed E-state index contributed by atoms with van der Waals surface area (Å²) in [5.74, 6) is 0.340. The molecule has 8 heteroatoms. The van der Waals surface area contributed by atoms with Crippen molar-refractivity contribution in [3.63, 3.8) is 0 Å². The molecule has 1 aromatic heterocycles. The van der Waals surface area contributed by atoms with Gasteiger partial charge in [0.25, 0.3) is 5.91 Å². The smallest absolute Gasteiger partial charge is 0.352 e. The molecule has 0 bridgehead atoms. The second-order valence-electron chi connectivity index (χ2n) is 5.85. The zero-order chi connectivity index (χ0) is 18.6. The van der Waals surface area contributed by atoms with E-state index in [4.69, 9.17) is 11.6 Å². The van der Waals surface area contributed by atoms with E-state index >= 15 is 0 Å². The van der Waals surface area contributed by atoms with Gasteiger partial charge in [-0.25, -0.2) is 4.98 Å². The van der Waals surface area contributed by atoms with Gasteiger partial charge < -0.3 is 10.6 Å². The van der Waals surface area contributed by atoms with Gasteiger partial charge >= 0.3 is 6.18 Å². The zero-order valence-corrected chi connectivity index (χ0v) is 14.4. The quantitative estimate of drug-likeness (QED) is 0.787. The monoisotopic (exact) mass is 371 g/mol. The van der Waals surface area contributed by atoms with Crippen molar-refractivity contribution in [1.29, 1.82) is 0 Å². The first-order chi connectivity index (χ1) is 11.7. The molecule has 2 N–H and O–H groups in total. The van der Waals surface area contributed by atoms with Gasteiger partial charge in [0.2, 0.25) is 0 Å². The van der Waals surface area contributed by atoms with Crippen molar-refractivity contribution in [3.05, 3.63) is 52.7 Å². The Morgan fingerprint density at radius 2 is 1.96 bits per heavy atom. The lowest BCUT2D eigenvalue weighted by atomic mass is 10.2. The molecule has 0 unspecified atom stereocenters. The Balaban J connectivity index is 2.12. The SMILES string of the molecule is CC(C)CNC(=O)c1ccc(Nc2cc(C(F)(F)F)ccc2Cl)nc1. The molecule has 1 aromatic carbocycles. The lowest BCUT2D eigenvalue weighted by molar-refractivity contribution is -0.137. The summed E-state index contributed by atoms with van der Waals surface area (Å²) in [7, 11) is 0. The van der Waals surface area contributed by atoms with E-state index in [0.29, 0.717) is 18.0 Å². The number of carbonyl (C=O) groups excluding carboxylic acids is 1. The number of carbonyl (C=O) groups is 1. The molecule has 134 valence electrons. The third-order valence-electron chi connectivity index (χ3n) is 3.25. The number of aromatic nitrogens is 1. The third-order valence-corrected chi connectivity index (χ3v) is 3.58. The van der Waals surface area contributed by atoms with E-state index in [1.165, 1.54) is 24.4 Å². The molecule has 0 aliphatic rings. The maximum absolute atomic E-state index is 12.8. The normalized spacial score (nSPS) is 11.5. The number of alkyl halides is 3. The van der Waals surface area contributed by atoms with Crippen molar-refractivity contribution in [2.45, 2.75) is 20.0 Å². The Morgan fingerprint density at radius 1 is 1.24 bits per heavy atom. The second-order valence-corrected chi connectivity index (χ2v) is 6.26. The molecule has 2 aromatic rings. The molecule has 0 atom stereocenters. The van der Waals surface area contributed by atoms with E-state index in [9.17, 15) is 18.0 Å². The van der Waals surface area contributed by atoms with Gasteiger partial charge in [0.05, 0.1) is 21.8 Å². The highest BCUT2D eigenvalue weighted by Gasteiger charge is 2.31. The number of halogens is 4. The van der Waals surface area contributed by atoms with Crippen LogP contribution in [0.1, 0.15) is 29.8 Å². The van der Waals surface area contributed by atoms with Crippen molar-refractivity contribution >= 4 is 29.0 Å². The highest BCUT2D eigenvalue weighted by atomic mass is 35.5. The van der Waals surface area contributed by atoms with E-state index in [1.54, 1.807) is 0 Å². The van der Waals surface area contributed by atoms with Crippen molar-refractivity contribution in [1.82, 2.24) is 10.3 Å². The fourth-order valence-corrected chi connectivity index (χ4v) is 2.10. The van der Waals surface area contributed by atoms with Crippen LogP contribution in [0.4, 0.5) is 24.7 Å². The van der Waals surface area contributed by atoms with E-state index in [1.807, 2.05) is 13.8 Å². The molecule has 0 radical (unpaired) electrons. The largest absolute Gasteiger partial charge is 0.416 e. The van der Waals surface area contributed by atoms with Gasteiger partial charge in [-0.1, -0.05) is 25.4 Å². The number of hydrogen-bond acceptors (Lipinski definition) is 3. The predicted octanol–water partition coefficient (Wildman–Crippen LogP) is 4.88. The van der Waals surface area contributed by atoms with Crippen LogP contribution in [-0.4, -0.2) is 17.4 Å². The Labute approximate surface area is 148 Å². The maximum atomic E-state index is 12.8. The van der Waals surface area contributed by atoms with Crippen molar-refractivity contribution in [2.75, 3.05) is 11.9 Å². The summed E-state index contributed by atoms with van der Waals surface area (Å²) in [4.78, 5) is 16.0. The molecule has 4 nitrogen and oxygen atoms in total. The molecule has 0 saturated carbocycles. The van der Waals surface area contributed by atoms with E-state index in [2.05, 4.69) is 15.6 Å². The van der Waals surface area contributed by atoms with Gasteiger partial charge in [0.1, 0.15) is 5.82 Å². The van der Waals surface area contributed by atoms with Crippen LogP contribution >= 0.6 is 11.6 Å². The summed E-state index contributed by atoms with van der Waals surface area (Å²) in [6.45, 7) is 4.49. The summed E-state index contributed by atoms with van der Waals surface area (Å²) >= 11 is 5.93. The molecule has 1 heterocycles. The molecular formula is C17H17ClF3N3O.